The molecule has 5 saturated heterocycles. The van der Waals surface area contributed by atoms with Crippen molar-refractivity contribution in [3.63, 3.8) is 0 Å². The molecule has 0 aromatic carbocycles. The van der Waals surface area contributed by atoms with Crippen molar-refractivity contribution in [3.05, 3.63) is 0 Å². The lowest BCUT2D eigenvalue weighted by Crippen LogP contribution is -2.71. The topological polar surface area (TPSA) is 565 Å². The monoisotopic (exact) mass is 1270 g/mol. The summed E-state index contributed by atoms with van der Waals surface area (Å²) in [7, 11) is 1.41. The molecular weight excluding hydrogens is 1180 g/mol. The Hall–Kier alpha value is -5.98. The van der Waals surface area contributed by atoms with Crippen LogP contribution >= 0.6 is 0 Å². The highest BCUT2D eigenvalue weighted by Gasteiger charge is 2.61. The zero-order valence-corrected chi connectivity index (χ0v) is 49.1. The number of nitrogens with two attached hydrogens (primary N) is 1. The first-order valence-electron chi connectivity index (χ1n) is 28.4. The summed E-state index contributed by atoms with van der Waals surface area (Å²) in [5, 5.41) is 136. The molecule has 0 spiro atoms. The highest BCUT2D eigenvalue weighted by Crippen LogP contribution is 2.39. The number of carboxylic acid groups (broad SMARTS) is 1. The second-order valence-corrected chi connectivity index (χ2v) is 22.1. The third-order valence-electron chi connectivity index (χ3n) is 15.6. The van der Waals surface area contributed by atoms with Crippen LogP contribution < -0.4 is 43.0 Å². The number of ether oxygens (including phenoxy) is 6. The van der Waals surface area contributed by atoms with E-state index in [2.05, 4.69) is 37.2 Å². The van der Waals surface area contributed by atoms with Gasteiger partial charge in [0.2, 0.25) is 53.2 Å². The number of likely N-dealkylation sites (N-methyl/N-ethyl adjacent to an activating group) is 1. The Balaban J connectivity index is 1.45. The number of hydrogen-bond donors (Lipinski definition) is 19. The van der Waals surface area contributed by atoms with E-state index < -0.39 is 232 Å². The molecule has 23 atom stereocenters. The van der Waals surface area contributed by atoms with E-state index in [0.29, 0.717) is 12.8 Å². The summed E-state index contributed by atoms with van der Waals surface area (Å²) in [5.74, 6) is -13.0. The summed E-state index contributed by atoms with van der Waals surface area (Å²) in [4.78, 5) is 135. The van der Waals surface area contributed by atoms with Gasteiger partial charge in [-0.1, -0.05) is 0 Å². The number of nitrogens with zero attached hydrogens (tertiary/aromatic N) is 2. The van der Waals surface area contributed by atoms with Gasteiger partial charge in [-0.3, -0.25) is 43.2 Å². The lowest BCUT2D eigenvalue weighted by atomic mass is 9.88. The molecule has 5 aliphatic rings. The molecule has 0 aromatic heterocycles. The van der Waals surface area contributed by atoms with Crippen molar-refractivity contribution >= 4 is 59.1 Å². The third kappa shape index (κ3) is 17.3. The standard InChI is InChI=1S/C51H84N10O27/c1-19(42(52)75)54-44(77)25-9-7-11-60(25)47(80)26-10-8-12-61(26)46(79)20(2)55-45(78)32(59-43(76)24(15-62)58-31(70)14-53-6)21(3)83-48-34(57-23(5)67)39(36(72)29(17-64)84-48)86-49-38(74)41(37(73)30(18-65)85-49)88-51(50(81)82)13-27(68)33(56-22(4)66)40(87-51)35(71)28(69)16-63/h19-21,24-30,32-41,48-49,53,62-65,68-69,71-74H,7-18H2,1-6H3,(H2,52,75)(H,54,77)(H,55,78)(H,56,66)(H,57,67)(H,58,70)(H,59,76)(H,81,82)/t19?,20?,21?,24?,25?,26?,27-,28+,29?,30?,32?,33+,34?,35+,36-,37-,38?,39+,40?,41-,48+,49-,51-/m0/s1. The van der Waals surface area contributed by atoms with Gasteiger partial charge in [-0.25, -0.2) is 4.79 Å². The number of carboxylic acids is 1. The Bertz CT molecular complexity index is 2470. The summed E-state index contributed by atoms with van der Waals surface area (Å²) in [5.41, 5.74) is 5.32. The Kier molecular flexibility index (Phi) is 26.6. The number of aliphatic hydroxyl groups is 10. The molecule has 5 rings (SSSR count). The average molecular weight is 1270 g/mol. The average Bonchev–Trinajstić information content (AvgIpc) is 2.04. The summed E-state index contributed by atoms with van der Waals surface area (Å²) in [6.45, 7) is 1.18. The minimum absolute atomic E-state index is 0.0258. The van der Waals surface area contributed by atoms with Gasteiger partial charge >= 0.3 is 5.97 Å². The minimum Gasteiger partial charge on any atom is -0.477 e. The SMILES string of the molecule is CNCC(=O)NC(CO)C(=O)NC(C(=O)NC(C)C(=O)N1CCCC1C(=O)N1CCCC1C(=O)NC(C)C(N)=O)C(C)O[C@@H]1OC(CO)[C@H](O)[C@H](O[C@@H]2OC(CO)[C@H](O)[C@H](O[C@]3(C(=O)O)C[C@H](O)[C@@H](NC(C)=O)C([C@H](O)[C@H](O)CO)O3)C2O)C1NC(C)=O. The molecule has 5 aliphatic heterocycles. The summed E-state index contributed by atoms with van der Waals surface area (Å²) in [6, 6.07) is -11.9. The van der Waals surface area contributed by atoms with Crippen LogP contribution in [0, 0.1) is 0 Å². The molecule has 0 bridgehead atoms. The number of nitrogens with one attached hydrogen (secondary N) is 7. The summed E-state index contributed by atoms with van der Waals surface area (Å²) in [6.07, 6.45) is -29.3. The molecule has 0 aliphatic carbocycles. The van der Waals surface area contributed by atoms with E-state index in [1.54, 1.807) is 0 Å². The quantitative estimate of drug-likeness (QED) is 0.0346. The van der Waals surface area contributed by atoms with Crippen molar-refractivity contribution < 1.29 is 133 Å². The van der Waals surface area contributed by atoms with Crippen molar-refractivity contribution in [2.45, 2.75) is 207 Å². The van der Waals surface area contributed by atoms with Gasteiger partial charge in [-0.05, 0) is 53.5 Å². The fraction of sp³-hybridized carbons (Fsp3) is 0.804. The predicted molar refractivity (Wildman–Crippen MR) is 289 cm³/mol. The molecule has 20 N–H and O–H groups in total. The number of likely N-dealkylation sites (tertiary alicyclic amines) is 2. The van der Waals surface area contributed by atoms with E-state index in [0.717, 1.165) is 20.8 Å². The molecule has 500 valence electrons. The molecule has 0 aromatic rings. The molecule has 5 fully saturated rings. The van der Waals surface area contributed by atoms with Crippen LogP contribution in [0.1, 0.15) is 66.7 Å². The van der Waals surface area contributed by atoms with Crippen molar-refractivity contribution in [1.82, 2.24) is 47.0 Å². The van der Waals surface area contributed by atoms with Crippen LogP contribution in [0.2, 0.25) is 0 Å². The van der Waals surface area contributed by atoms with Gasteiger partial charge in [0.1, 0.15) is 103 Å². The molecule has 12 unspecified atom stereocenters. The lowest BCUT2D eigenvalue weighted by molar-refractivity contribution is -0.382. The first-order chi connectivity index (χ1) is 41.4. The zero-order valence-electron chi connectivity index (χ0n) is 49.1. The summed E-state index contributed by atoms with van der Waals surface area (Å²) >= 11 is 0. The van der Waals surface area contributed by atoms with Crippen LogP contribution in [-0.2, 0) is 76.4 Å². The summed E-state index contributed by atoms with van der Waals surface area (Å²) < 4.78 is 35.3. The van der Waals surface area contributed by atoms with E-state index in [-0.39, 0.29) is 32.5 Å². The van der Waals surface area contributed by atoms with Crippen LogP contribution in [0.3, 0.4) is 0 Å². The van der Waals surface area contributed by atoms with E-state index in [9.17, 15) is 104 Å². The van der Waals surface area contributed by atoms with Crippen LogP contribution in [0.15, 0.2) is 0 Å². The minimum atomic E-state index is -3.22. The number of hydrogen-bond acceptors (Lipinski definition) is 27. The fourth-order valence-electron chi connectivity index (χ4n) is 11.0. The number of aliphatic hydroxyl groups excluding tert-OH is 10. The maximum Gasteiger partial charge on any atom is 0.364 e. The number of amides is 9. The number of rotatable bonds is 28. The number of primary amides is 1. The van der Waals surface area contributed by atoms with Crippen LogP contribution in [0.5, 0.6) is 0 Å². The highest BCUT2D eigenvalue weighted by atomic mass is 16.8. The highest BCUT2D eigenvalue weighted by molar-refractivity contribution is 5.97. The largest absolute Gasteiger partial charge is 0.477 e. The number of carbonyl (C=O) groups excluding carboxylic acids is 9. The first-order valence-corrected chi connectivity index (χ1v) is 28.4. The molecule has 0 radical (unpaired) electrons. The van der Waals surface area contributed by atoms with E-state index >= 15 is 0 Å². The Morgan fingerprint density at radius 1 is 0.705 bits per heavy atom. The number of aliphatic carboxylic acids is 1. The molecule has 0 saturated carbocycles. The van der Waals surface area contributed by atoms with Crippen LogP contribution in [0.4, 0.5) is 0 Å². The fourth-order valence-corrected chi connectivity index (χ4v) is 11.0. The van der Waals surface area contributed by atoms with Crippen molar-refractivity contribution in [3.8, 4) is 0 Å². The molecule has 9 amide bonds. The van der Waals surface area contributed by atoms with Gasteiger partial charge < -0.3 is 137 Å². The predicted octanol–water partition coefficient (Wildman–Crippen LogP) is -12.0. The van der Waals surface area contributed by atoms with E-state index in [4.69, 9.17) is 34.2 Å². The van der Waals surface area contributed by atoms with Gasteiger partial charge in [0, 0.05) is 33.4 Å². The van der Waals surface area contributed by atoms with Crippen LogP contribution in [0.25, 0.3) is 0 Å². The maximum absolute atomic E-state index is 14.6. The molecule has 88 heavy (non-hydrogen) atoms. The lowest BCUT2D eigenvalue weighted by Gasteiger charge is -2.51. The van der Waals surface area contributed by atoms with Gasteiger partial charge in [0.25, 0.3) is 5.79 Å². The van der Waals surface area contributed by atoms with Gasteiger partial charge in [0.05, 0.1) is 51.2 Å². The van der Waals surface area contributed by atoms with Crippen LogP contribution in [-0.4, -0.2) is 318 Å². The van der Waals surface area contributed by atoms with E-state index in [1.165, 1.54) is 30.7 Å². The van der Waals surface area contributed by atoms with Gasteiger partial charge in [-0.15, -0.1) is 0 Å². The van der Waals surface area contributed by atoms with Gasteiger partial charge in [0.15, 0.2) is 12.6 Å². The first kappa shape index (κ1) is 72.8. The molecule has 37 heteroatoms. The zero-order chi connectivity index (χ0) is 65.8. The Morgan fingerprint density at radius 2 is 1.28 bits per heavy atom. The maximum atomic E-state index is 14.6. The second-order valence-electron chi connectivity index (χ2n) is 22.1. The molecule has 5 heterocycles. The Morgan fingerprint density at radius 3 is 1.84 bits per heavy atom. The normalized spacial score (nSPS) is 33.1. The second kappa shape index (κ2) is 32.2. The molecular formula is C51H84N10O27. The van der Waals surface area contributed by atoms with Crippen molar-refractivity contribution in [2.75, 3.05) is 53.1 Å². The van der Waals surface area contributed by atoms with Crippen molar-refractivity contribution in [1.29, 1.82) is 0 Å². The smallest absolute Gasteiger partial charge is 0.364 e. The van der Waals surface area contributed by atoms with Crippen molar-refractivity contribution in [2.24, 2.45) is 5.73 Å². The number of carbonyl (C=O) groups is 10. The van der Waals surface area contributed by atoms with Gasteiger partial charge in [-0.2, -0.15) is 0 Å². The third-order valence-corrected chi connectivity index (χ3v) is 15.6. The Labute approximate surface area is 503 Å². The molecule has 37 nitrogen and oxygen atoms in total. The van der Waals surface area contributed by atoms with E-state index in [1.807, 2.05) is 0 Å².